The van der Waals surface area contributed by atoms with Gasteiger partial charge in [0.05, 0.1) is 0 Å². The quantitative estimate of drug-likeness (QED) is 0.714. The second-order valence-corrected chi connectivity index (χ2v) is 2.96. The van der Waals surface area contributed by atoms with E-state index in [0.29, 0.717) is 11.1 Å². The fourth-order valence-corrected chi connectivity index (χ4v) is 1.32. The van der Waals surface area contributed by atoms with Gasteiger partial charge in [0.15, 0.2) is 0 Å². The van der Waals surface area contributed by atoms with Crippen molar-refractivity contribution in [2.24, 2.45) is 0 Å². The number of benzene rings is 1. The average molecular weight is 187 g/mol. The third kappa shape index (κ3) is 1.52. The van der Waals surface area contributed by atoms with E-state index in [1.54, 1.807) is 42.6 Å². The normalized spacial score (nSPS) is 10.0. The summed E-state index contributed by atoms with van der Waals surface area (Å²) in [5, 5.41) is 9.25. The molecule has 0 aliphatic heterocycles. The number of pyridine rings is 1. The standard InChI is InChI=1S/C11H9NO2/c13-9-4-1-3-8(7-9)10-5-2-6-12-11(10)14/h1-7,13H,(H,12,14). The molecular formula is C11H9NO2. The summed E-state index contributed by atoms with van der Waals surface area (Å²) >= 11 is 0. The molecule has 0 atom stereocenters. The van der Waals surface area contributed by atoms with Gasteiger partial charge in [-0.3, -0.25) is 4.79 Å². The van der Waals surface area contributed by atoms with Gasteiger partial charge in [-0.25, -0.2) is 0 Å². The van der Waals surface area contributed by atoms with Crippen LogP contribution in [0.4, 0.5) is 0 Å². The zero-order valence-corrected chi connectivity index (χ0v) is 7.40. The van der Waals surface area contributed by atoms with Crippen LogP contribution in [0.15, 0.2) is 47.4 Å². The van der Waals surface area contributed by atoms with Crippen LogP contribution in [0.1, 0.15) is 0 Å². The van der Waals surface area contributed by atoms with Gasteiger partial charge in [0, 0.05) is 11.8 Å². The molecule has 0 fully saturated rings. The Morgan fingerprint density at radius 1 is 1.14 bits per heavy atom. The highest BCUT2D eigenvalue weighted by atomic mass is 16.3. The number of rotatable bonds is 1. The Morgan fingerprint density at radius 3 is 2.71 bits per heavy atom. The summed E-state index contributed by atoms with van der Waals surface area (Å²) in [6, 6.07) is 10.1. The summed E-state index contributed by atoms with van der Waals surface area (Å²) < 4.78 is 0. The fourth-order valence-electron chi connectivity index (χ4n) is 1.32. The summed E-state index contributed by atoms with van der Waals surface area (Å²) in [5.74, 6) is 0.158. The maximum atomic E-state index is 11.4. The van der Waals surface area contributed by atoms with Crippen LogP contribution in [0, 0.1) is 0 Å². The predicted molar refractivity (Wildman–Crippen MR) is 54.2 cm³/mol. The Bertz CT molecular complexity index is 502. The van der Waals surface area contributed by atoms with Gasteiger partial charge < -0.3 is 10.1 Å². The van der Waals surface area contributed by atoms with Crippen molar-refractivity contribution in [1.82, 2.24) is 4.98 Å². The van der Waals surface area contributed by atoms with E-state index in [9.17, 15) is 9.90 Å². The van der Waals surface area contributed by atoms with E-state index >= 15 is 0 Å². The van der Waals surface area contributed by atoms with E-state index in [1.165, 1.54) is 0 Å². The van der Waals surface area contributed by atoms with Crippen molar-refractivity contribution in [3.05, 3.63) is 52.9 Å². The van der Waals surface area contributed by atoms with Crippen LogP contribution in [-0.4, -0.2) is 10.1 Å². The maximum Gasteiger partial charge on any atom is 0.255 e. The van der Waals surface area contributed by atoms with Crippen LogP contribution in [0.5, 0.6) is 5.75 Å². The molecule has 1 aromatic heterocycles. The zero-order chi connectivity index (χ0) is 9.97. The van der Waals surface area contributed by atoms with Crippen molar-refractivity contribution in [3.8, 4) is 16.9 Å². The molecule has 0 saturated heterocycles. The number of H-pyrrole nitrogens is 1. The first-order valence-corrected chi connectivity index (χ1v) is 4.24. The van der Waals surface area contributed by atoms with Gasteiger partial charge in [-0.05, 0) is 29.8 Å². The molecule has 2 aromatic rings. The van der Waals surface area contributed by atoms with Crippen LogP contribution in [-0.2, 0) is 0 Å². The topological polar surface area (TPSA) is 53.1 Å². The number of phenols is 1. The molecule has 0 saturated carbocycles. The SMILES string of the molecule is O=c1[nH]cccc1-c1cccc(O)c1. The summed E-state index contributed by atoms with van der Waals surface area (Å²) in [6.45, 7) is 0. The van der Waals surface area contributed by atoms with Crippen molar-refractivity contribution in [3.63, 3.8) is 0 Å². The molecule has 3 nitrogen and oxygen atoms in total. The lowest BCUT2D eigenvalue weighted by Gasteiger charge is -1.99. The van der Waals surface area contributed by atoms with Crippen LogP contribution in [0.3, 0.4) is 0 Å². The van der Waals surface area contributed by atoms with Gasteiger partial charge in [0.25, 0.3) is 5.56 Å². The molecule has 1 aromatic carbocycles. The molecule has 0 aliphatic carbocycles. The van der Waals surface area contributed by atoms with Crippen LogP contribution >= 0.6 is 0 Å². The van der Waals surface area contributed by atoms with E-state index in [0.717, 1.165) is 0 Å². The van der Waals surface area contributed by atoms with Gasteiger partial charge in [-0.1, -0.05) is 12.1 Å². The minimum atomic E-state index is -0.155. The van der Waals surface area contributed by atoms with Gasteiger partial charge >= 0.3 is 0 Å². The Labute approximate surface area is 80.7 Å². The Kier molecular flexibility index (Phi) is 2.07. The lowest BCUT2D eigenvalue weighted by Crippen LogP contribution is -2.06. The monoisotopic (exact) mass is 187 g/mol. The van der Waals surface area contributed by atoms with Crippen molar-refractivity contribution in [2.45, 2.75) is 0 Å². The second-order valence-electron chi connectivity index (χ2n) is 2.96. The third-order valence-electron chi connectivity index (χ3n) is 1.98. The molecule has 70 valence electrons. The highest BCUT2D eigenvalue weighted by molar-refractivity contribution is 5.63. The number of hydrogen-bond donors (Lipinski definition) is 2. The average Bonchev–Trinajstić information content (AvgIpc) is 2.18. The van der Waals surface area contributed by atoms with Crippen LogP contribution in [0.25, 0.3) is 11.1 Å². The first-order chi connectivity index (χ1) is 6.77. The molecule has 0 amide bonds. The van der Waals surface area contributed by atoms with Crippen molar-refractivity contribution >= 4 is 0 Å². The van der Waals surface area contributed by atoms with Crippen molar-refractivity contribution in [1.29, 1.82) is 0 Å². The van der Waals surface area contributed by atoms with Crippen LogP contribution < -0.4 is 5.56 Å². The van der Waals surface area contributed by atoms with E-state index in [4.69, 9.17) is 0 Å². The van der Waals surface area contributed by atoms with Gasteiger partial charge in [-0.2, -0.15) is 0 Å². The van der Waals surface area contributed by atoms with Gasteiger partial charge in [-0.15, -0.1) is 0 Å². The largest absolute Gasteiger partial charge is 0.508 e. The highest BCUT2D eigenvalue weighted by Crippen LogP contribution is 2.19. The number of aromatic hydroxyl groups is 1. The molecule has 3 heteroatoms. The van der Waals surface area contributed by atoms with Crippen molar-refractivity contribution < 1.29 is 5.11 Å². The number of hydrogen-bond acceptors (Lipinski definition) is 2. The molecule has 0 radical (unpaired) electrons. The summed E-state index contributed by atoms with van der Waals surface area (Å²) in [5.41, 5.74) is 1.12. The molecule has 0 aliphatic rings. The molecule has 1 heterocycles. The summed E-state index contributed by atoms with van der Waals surface area (Å²) in [4.78, 5) is 14.0. The molecule has 0 bridgehead atoms. The maximum absolute atomic E-state index is 11.4. The molecule has 0 unspecified atom stereocenters. The molecule has 0 spiro atoms. The van der Waals surface area contributed by atoms with Gasteiger partial charge in [0.2, 0.25) is 0 Å². The molecule has 2 N–H and O–H groups in total. The highest BCUT2D eigenvalue weighted by Gasteiger charge is 2.01. The summed E-state index contributed by atoms with van der Waals surface area (Å²) in [6.07, 6.45) is 1.58. The van der Waals surface area contributed by atoms with E-state index in [-0.39, 0.29) is 11.3 Å². The number of aromatic amines is 1. The first-order valence-electron chi connectivity index (χ1n) is 4.24. The Morgan fingerprint density at radius 2 is 2.00 bits per heavy atom. The second kappa shape index (κ2) is 3.38. The number of phenolic OH excluding ortho intramolecular Hbond substituents is 1. The Hall–Kier alpha value is -2.03. The van der Waals surface area contributed by atoms with E-state index < -0.39 is 0 Å². The third-order valence-corrected chi connectivity index (χ3v) is 1.98. The lowest BCUT2D eigenvalue weighted by atomic mass is 10.1. The lowest BCUT2D eigenvalue weighted by molar-refractivity contribution is 0.475. The minimum Gasteiger partial charge on any atom is -0.508 e. The minimum absolute atomic E-state index is 0.155. The number of nitrogens with one attached hydrogen (secondary N) is 1. The molecule has 2 rings (SSSR count). The first kappa shape index (κ1) is 8.56. The van der Waals surface area contributed by atoms with E-state index in [2.05, 4.69) is 4.98 Å². The van der Waals surface area contributed by atoms with E-state index in [1.807, 2.05) is 0 Å². The Balaban J connectivity index is 2.61. The fraction of sp³-hybridized carbons (Fsp3) is 0. The van der Waals surface area contributed by atoms with Crippen molar-refractivity contribution in [2.75, 3.05) is 0 Å². The van der Waals surface area contributed by atoms with Crippen LogP contribution in [0.2, 0.25) is 0 Å². The smallest absolute Gasteiger partial charge is 0.255 e. The molecular weight excluding hydrogens is 178 g/mol. The number of aromatic nitrogens is 1. The van der Waals surface area contributed by atoms with Gasteiger partial charge in [0.1, 0.15) is 5.75 Å². The summed E-state index contributed by atoms with van der Waals surface area (Å²) in [7, 11) is 0. The zero-order valence-electron chi connectivity index (χ0n) is 7.40. The molecule has 14 heavy (non-hydrogen) atoms. The predicted octanol–water partition coefficient (Wildman–Crippen LogP) is 1.75.